The molecule has 200 valence electrons. The third-order valence-corrected chi connectivity index (χ3v) is 5.48. The molecule has 1 atom stereocenters. The summed E-state index contributed by atoms with van der Waals surface area (Å²) in [4.78, 5) is 8.87. The Bertz CT molecular complexity index is 864. The largest absolute Gasteiger partial charge is 2.00 e. The van der Waals surface area contributed by atoms with Crippen molar-refractivity contribution in [3.63, 3.8) is 0 Å². The van der Waals surface area contributed by atoms with Gasteiger partial charge < -0.3 is 22.2 Å². The van der Waals surface area contributed by atoms with E-state index in [1.54, 1.807) is 0 Å². The Morgan fingerprint density at radius 3 is 2.08 bits per heavy atom. The predicted molar refractivity (Wildman–Crippen MR) is 153 cm³/mol. The fourth-order valence-corrected chi connectivity index (χ4v) is 3.82. The Balaban J connectivity index is 0. The topological polar surface area (TPSA) is 95.2 Å². The summed E-state index contributed by atoms with van der Waals surface area (Å²) >= 11 is 0. The van der Waals surface area contributed by atoms with Crippen LogP contribution in [0.1, 0.15) is 78.0 Å². The van der Waals surface area contributed by atoms with E-state index in [0.29, 0.717) is 24.9 Å². The maximum atomic E-state index is 6.94. The number of aliphatic imine (C=N–C) groups is 1. The summed E-state index contributed by atoms with van der Waals surface area (Å²) in [7, 11) is 0. The van der Waals surface area contributed by atoms with E-state index < -0.39 is 0 Å². The average molecular weight is 665 g/mol. The van der Waals surface area contributed by atoms with E-state index in [-0.39, 0.29) is 26.6 Å². The third-order valence-electron chi connectivity index (χ3n) is 5.48. The summed E-state index contributed by atoms with van der Waals surface area (Å²) in [6.07, 6.45) is 6.25. The number of nitrogens with one attached hydrogen (secondary N) is 2. The van der Waals surface area contributed by atoms with Gasteiger partial charge in [0.25, 0.3) is 0 Å². The Kier molecular flexibility index (Phi) is 21.5. The number of hydrogen-bond donors (Lipinski definition) is 1. The fourth-order valence-electron chi connectivity index (χ4n) is 3.82. The van der Waals surface area contributed by atoms with Crippen LogP contribution in [-0.2, 0) is 45.4 Å². The number of benzene rings is 2. The smallest absolute Gasteiger partial charge is 0.677 e. The Morgan fingerprint density at radius 2 is 1.61 bits per heavy atom. The molecule has 0 aliphatic rings. The SMILES string of the molecule is CC/C=C(\C)C(C)(CC(C)C)N=C(C)N.CCc1cccc(CO[NH-])c1.[NH-]CCc1ccccc1.[W+2]. The third kappa shape index (κ3) is 16.8. The molecule has 0 radical (unpaired) electrons. The molecule has 2 aromatic rings. The van der Waals surface area contributed by atoms with Crippen molar-refractivity contribution in [2.24, 2.45) is 16.6 Å². The normalized spacial score (nSPS) is 12.9. The van der Waals surface area contributed by atoms with E-state index in [2.05, 4.69) is 81.7 Å². The van der Waals surface area contributed by atoms with Gasteiger partial charge >= 0.3 is 21.1 Å². The van der Waals surface area contributed by atoms with E-state index >= 15 is 0 Å². The first-order valence-electron chi connectivity index (χ1n) is 12.7. The van der Waals surface area contributed by atoms with Gasteiger partial charge in [-0.1, -0.05) is 93.9 Å². The summed E-state index contributed by atoms with van der Waals surface area (Å²) in [6, 6.07) is 18.2. The monoisotopic (exact) mass is 664 g/mol. The van der Waals surface area contributed by atoms with Crippen molar-refractivity contribution in [3.05, 3.63) is 94.6 Å². The molecule has 0 saturated heterocycles. The van der Waals surface area contributed by atoms with E-state index in [9.17, 15) is 0 Å². The summed E-state index contributed by atoms with van der Waals surface area (Å²) in [5.41, 5.74) is 17.5. The van der Waals surface area contributed by atoms with Gasteiger partial charge in [-0.2, -0.15) is 0 Å². The van der Waals surface area contributed by atoms with Crippen LogP contribution < -0.4 is 5.73 Å². The van der Waals surface area contributed by atoms with Gasteiger partial charge in [0.2, 0.25) is 0 Å². The average Bonchev–Trinajstić information content (AvgIpc) is 2.80. The number of amidine groups is 1. The fraction of sp³-hybridized carbons (Fsp3) is 0.500. The molecule has 4 N–H and O–H groups in total. The molecule has 36 heavy (non-hydrogen) atoms. The standard InChI is InChI=1S/C13H26N2.C9H12NO.C8H10N.W/c1-7-8-11(4)13(6,9-10(2)3)15-12(5)14;1-2-8-4-3-5-9(6-8)7-11-10;9-7-6-8-4-2-1-3-5-8;/h8,10H,7,9H2,1-6H3,(H2,14,15);3-6,10H,2,7H2,1H3;1-5,9H,6-7H2;/q;2*-1;+2/b11-8+;;;. The molecule has 0 heterocycles. The number of nitrogens with two attached hydrogens (primary N) is 1. The van der Waals surface area contributed by atoms with Gasteiger partial charge in [0.15, 0.2) is 0 Å². The minimum absolute atomic E-state index is 0. The first-order chi connectivity index (χ1) is 16.6. The zero-order chi connectivity index (χ0) is 26.7. The molecule has 0 bridgehead atoms. The van der Waals surface area contributed by atoms with E-state index in [1.165, 1.54) is 16.7 Å². The second kappa shape index (κ2) is 21.3. The second-order valence-corrected chi connectivity index (χ2v) is 9.37. The van der Waals surface area contributed by atoms with Gasteiger partial charge in [-0.05, 0) is 69.1 Å². The molecule has 0 amide bonds. The van der Waals surface area contributed by atoms with Crippen LogP contribution in [-0.4, -0.2) is 17.9 Å². The van der Waals surface area contributed by atoms with Crippen LogP contribution in [0, 0.1) is 5.92 Å². The quantitative estimate of drug-likeness (QED) is 0.119. The Labute approximate surface area is 235 Å². The molecule has 0 aromatic heterocycles. The first kappa shape index (κ1) is 36.4. The zero-order valence-corrected chi connectivity index (χ0v) is 26.4. The van der Waals surface area contributed by atoms with Crippen molar-refractivity contribution in [2.45, 2.75) is 86.3 Å². The maximum Gasteiger partial charge on any atom is 2.00 e. The number of allylic oxidation sites excluding steroid dienone is 1. The van der Waals surface area contributed by atoms with Gasteiger partial charge in [-0.3, -0.25) is 4.99 Å². The van der Waals surface area contributed by atoms with Crippen molar-refractivity contribution >= 4 is 5.84 Å². The van der Waals surface area contributed by atoms with Gasteiger partial charge in [0.05, 0.1) is 18.0 Å². The van der Waals surface area contributed by atoms with E-state index in [1.807, 2.05) is 37.3 Å². The van der Waals surface area contributed by atoms with Crippen molar-refractivity contribution in [1.29, 1.82) is 0 Å². The Hall–Kier alpha value is -1.78. The Morgan fingerprint density at radius 1 is 1.03 bits per heavy atom. The van der Waals surface area contributed by atoms with Gasteiger partial charge in [-0.15, -0.1) is 6.54 Å². The van der Waals surface area contributed by atoms with E-state index in [4.69, 9.17) is 17.4 Å². The molecule has 2 aromatic carbocycles. The van der Waals surface area contributed by atoms with Crippen molar-refractivity contribution in [3.8, 4) is 0 Å². The number of nitrogens with zero attached hydrogens (tertiary/aromatic N) is 1. The van der Waals surface area contributed by atoms with Crippen molar-refractivity contribution in [1.82, 2.24) is 0 Å². The predicted octanol–water partition coefficient (Wildman–Crippen LogP) is 8.54. The van der Waals surface area contributed by atoms with Crippen LogP contribution in [0.4, 0.5) is 0 Å². The minimum atomic E-state index is -0.122. The van der Waals surface area contributed by atoms with E-state index in [0.717, 1.165) is 31.2 Å². The molecule has 6 heteroatoms. The first-order valence-corrected chi connectivity index (χ1v) is 12.7. The molecule has 0 fully saturated rings. The molecular formula is C30H48N4OW. The summed E-state index contributed by atoms with van der Waals surface area (Å²) < 4.78 is 0. The molecular weight excluding hydrogens is 616 g/mol. The van der Waals surface area contributed by atoms with Gasteiger partial charge in [0.1, 0.15) is 0 Å². The maximum absolute atomic E-state index is 6.94. The van der Waals surface area contributed by atoms with Crippen LogP contribution in [0.15, 0.2) is 71.2 Å². The van der Waals surface area contributed by atoms with Crippen LogP contribution in [0.3, 0.4) is 0 Å². The molecule has 1 unspecified atom stereocenters. The molecule has 2 rings (SSSR count). The number of hydrogen-bond acceptors (Lipinski definition) is 2. The molecule has 0 aliphatic heterocycles. The van der Waals surface area contributed by atoms with Crippen LogP contribution in [0.2, 0.25) is 0 Å². The number of aryl methyl sites for hydroxylation is 1. The molecule has 5 nitrogen and oxygen atoms in total. The summed E-state index contributed by atoms with van der Waals surface area (Å²) in [5, 5.41) is 0. The number of rotatable bonds is 10. The molecule has 0 aliphatic carbocycles. The second-order valence-electron chi connectivity index (χ2n) is 9.37. The zero-order valence-electron chi connectivity index (χ0n) is 23.4. The van der Waals surface area contributed by atoms with Crippen LogP contribution >= 0.6 is 0 Å². The van der Waals surface area contributed by atoms with Crippen LogP contribution in [0.5, 0.6) is 0 Å². The van der Waals surface area contributed by atoms with Crippen molar-refractivity contribution < 1.29 is 25.9 Å². The van der Waals surface area contributed by atoms with Gasteiger partial charge in [0, 0.05) is 0 Å². The van der Waals surface area contributed by atoms with Crippen molar-refractivity contribution in [2.75, 3.05) is 6.54 Å². The molecule has 0 spiro atoms. The van der Waals surface area contributed by atoms with Gasteiger partial charge in [-0.25, -0.2) is 0 Å². The summed E-state index contributed by atoms with van der Waals surface area (Å²) in [6.45, 7) is 15.8. The minimum Gasteiger partial charge on any atom is -0.677 e. The van der Waals surface area contributed by atoms with Crippen LogP contribution in [0.25, 0.3) is 11.6 Å². The summed E-state index contributed by atoms with van der Waals surface area (Å²) in [5.74, 6) is 7.86. The molecule has 0 saturated carbocycles.